The van der Waals surface area contributed by atoms with Crippen LogP contribution in [0.4, 0.5) is 0 Å². The molecule has 0 radical (unpaired) electrons. The smallest absolute Gasteiger partial charge is 0.332 e. The van der Waals surface area contributed by atoms with Crippen LogP contribution >= 0.6 is 0 Å². The summed E-state index contributed by atoms with van der Waals surface area (Å²) in [6.45, 7) is 0.403. The Bertz CT molecular complexity index is 473. The number of carbonyl (C=O) groups is 2. The molecule has 1 aliphatic rings. The average Bonchev–Trinajstić information content (AvgIpc) is 2.98. The second-order valence-corrected chi connectivity index (χ2v) is 4.40. The van der Waals surface area contributed by atoms with Gasteiger partial charge in [0.05, 0.1) is 0 Å². The van der Waals surface area contributed by atoms with Crippen molar-refractivity contribution in [2.45, 2.75) is 31.5 Å². The van der Waals surface area contributed by atoms with E-state index in [-0.39, 0.29) is 5.91 Å². The Balaban J connectivity index is 1.72. The molecule has 0 bridgehead atoms. The molecule has 1 fully saturated rings. The van der Waals surface area contributed by atoms with Crippen molar-refractivity contribution >= 4 is 11.9 Å². The monoisotopic (exact) mass is 268 g/mol. The Hall–Kier alpha value is -1.96. The molecule has 1 amide bonds. The summed E-state index contributed by atoms with van der Waals surface area (Å²) in [5, 5.41) is 15.5. The zero-order valence-electron chi connectivity index (χ0n) is 10.6. The van der Waals surface area contributed by atoms with Crippen molar-refractivity contribution in [2.75, 3.05) is 6.54 Å². The molecular weight excluding hydrogens is 252 g/mol. The predicted octanol–water partition coefficient (Wildman–Crippen LogP) is -0.894. The van der Waals surface area contributed by atoms with Crippen LogP contribution in [-0.4, -0.2) is 50.5 Å². The minimum Gasteiger partial charge on any atom is -0.479 e. The number of aryl methyl sites for hydroxylation is 1. The third-order valence-electron chi connectivity index (χ3n) is 2.88. The summed E-state index contributed by atoms with van der Waals surface area (Å²) in [4.78, 5) is 26.5. The number of carboxylic acids is 1. The number of aromatic nitrogens is 3. The number of carboxylic acid groups (broad SMARTS) is 1. The predicted molar refractivity (Wildman–Crippen MR) is 63.2 cm³/mol. The van der Waals surface area contributed by atoms with Gasteiger partial charge < -0.3 is 15.2 Å². The van der Waals surface area contributed by atoms with Crippen LogP contribution in [0.5, 0.6) is 0 Å². The van der Waals surface area contributed by atoms with Crippen molar-refractivity contribution in [3.8, 4) is 0 Å². The zero-order valence-corrected chi connectivity index (χ0v) is 10.6. The van der Waals surface area contributed by atoms with Crippen LogP contribution in [0.2, 0.25) is 0 Å². The first kappa shape index (κ1) is 13.5. The lowest BCUT2D eigenvalue weighted by Gasteiger charge is -2.11. The molecule has 1 aromatic heterocycles. The molecule has 104 valence electrons. The molecule has 0 aromatic carbocycles. The van der Waals surface area contributed by atoms with Gasteiger partial charge in [0.1, 0.15) is 12.4 Å². The first-order chi connectivity index (χ1) is 9.06. The minimum atomic E-state index is -1.02. The molecule has 0 aliphatic carbocycles. The van der Waals surface area contributed by atoms with E-state index in [0.717, 1.165) is 0 Å². The molecule has 8 nitrogen and oxygen atoms in total. The van der Waals surface area contributed by atoms with Crippen molar-refractivity contribution < 1.29 is 19.4 Å². The van der Waals surface area contributed by atoms with E-state index in [0.29, 0.717) is 31.6 Å². The number of hydrogen-bond donors (Lipinski definition) is 2. The number of amides is 1. The first-order valence-corrected chi connectivity index (χ1v) is 6.07. The maximum Gasteiger partial charge on any atom is 0.332 e. The molecule has 19 heavy (non-hydrogen) atoms. The van der Waals surface area contributed by atoms with Gasteiger partial charge in [-0.05, 0) is 12.8 Å². The first-order valence-electron chi connectivity index (χ1n) is 6.07. The quantitative estimate of drug-likeness (QED) is 0.717. The number of nitrogens with one attached hydrogen (secondary N) is 1. The molecule has 1 aromatic rings. The Morgan fingerprint density at radius 2 is 2.26 bits per heavy atom. The average molecular weight is 268 g/mol. The van der Waals surface area contributed by atoms with Gasteiger partial charge >= 0.3 is 5.97 Å². The van der Waals surface area contributed by atoms with Crippen LogP contribution in [0, 0.1) is 0 Å². The maximum atomic E-state index is 11.7. The number of carbonyl (C=O) groups excluding carboxylic acids is 1. The van der Waals surface area contributed by atoms with Gasteiger partial charge in [-0.3, -0.25) is 9.48 Å². The van der Waals surface area contributed by atoms with Gasteiger partial charge in [-0.15, -0.1) is 0 Å². The van der Waals surface area contributed by atoms with Gasteiger partial charge in [-0.2, -0.15) is 5.10 Å². The van der Waals surface area contributed by atoms with Crippen LogP contribution < -0.4 is 5.32 Å². The van der Waals surface area contributed by atoms with Crippen LogP contribution in [0.1, 0.15) is 18.7 Å². The Morgan fingerprint density at radius 1 is 1.53 bits per heavy atom. The maximum absolute atomic E-state index is 11.7. The Morgan fingerprint density at radius 3 is 2.84 bits per heavy atom. The van der Waals surface area contributed by atoms with Gasteiger partial charge in [0.25, 0.3) is 0 Å². The highest BCUT2D eigenvalue weighted by Gasteiger charge is 2.34. The van der Waals surface area contributed by atoms with Crippen LogP contribution in [0.3, 0.4) is 0 Å². The summed E-state index contributed by atoms with van der Waals surface area (Å²) in [5.74, 6) is -0.647. The highest BCUT2D eigenvalue weighted by molar-refractivity contribution is 5.82. The van der Waals surface area contributed by atoms with Crippen molar-refractivity contribution in [3.63, 3.8) is 0 Å². The highest BCUT2D eigenvalue weighted by atomic mass is 16.5. The fourth-order valence-electron chi connectivity index (χ4n) is 1.92. The number of rotatable bonds is 5. The lowest BCUT2D eigenvalue weighted by atomic mass is 10.2. The number of hydrogen-bond acceptors (Lipinski definition) is 5. The second-order valence-electron chi connectivity index (χ2n) is 4.40. The van der Waals surface area contributed by atoms with Gasteiger partial charge in [0, 0.05) is 20.0 Å². The fourth-order valence-corrected chi connectivity index (χ4v) is 1.92. The molecule has 0 saturated carbocycles. The van der Waals surface area contributed by atoms with E-state index in [1.54, 1.807) is 18.1 Å². The largest absolute Gasteiger partial charge is 0.479 e. The van der Waals surface area contributed by atoms with E-state index in [1.165, 1.54) is 0 Å². The lowest BCUT2D eigenvalue weighted by Crippen LogP contribution is -2.36. The summed E-state index contributed by atoms with van der Waals surface area (Å²) in [6.07, 6.45) is 1.39. The van der Waals surface area contributed by atoms with Crippen molar-refractivity contribution in [2.24, 2.45) is 7.05 Å². The van der Waals surface area contributed by atoms with Gasteiger partial charge in [0.2, 0.25) is 5.91 Å². The molecule has 2 N–H and O–H groups in total. The highest BCUT2D eigenvalue weighted by Crippen LogP contribution is 2.19. The third kappa shape index (κ3) is 3.50. The van der Waals surface area contributed by atoms with Crippen molar-refractivity contribution in [1.29, 1.82) is 0 Å². The van der Waals surface area contributed by atoms with Gasteiger partial charge in [0.15, 0.2) is 11.9 Å². The van der Waals surface area contributed by atoms with Crippen LogP contribution in [0.25, 0.3) is 0 Å². The van der Waals surface area contributed by atoms with Gasteiger partial charge in [-0.1, -0.05) is 0 Å². The molecule has 2 atom stereocenters. The summed E-state index contributed by atoms with van der Waals surface area (Å²) in [5.41, 5.74) is 0. The van der Waals surface area contributed by atoms with Crippen LogP contribution in [0.15, 0.2) is 6.33 Å². The summed E-state index contributed by atoms with van der Waals surface area (Å²) >= 11 is 0. The number of ether oxygens (including phenoxy) is 1. The summed E-state index contributed by atoms with van der Waals surface area (Å²) < 4.78 is 6.74. The number of nitrogens with zero attached hydrogens (tertiary/aromatic N) is 3. The van der Waals surface area contributed by atoms with E-state index in [1.807, 2.05) is 0 Å². The third-order valence-corrected chi connectivity index (χ3v) is 2.88. The molecule has 0 spiro atoms. The fraction of sp³-hybridized carbons (Fsp3) is 0.636. The molecule has 2 unspecified atom stereocenters. The summed E-state index contributed by atoms with van der Waals surface area (Å²) in [7, 11) is 1.77. The normalized spacial score (nSPS) is 22.4. The van der Waals surface area contributed by atoms with Crippen molar-refractivity contribution in [1.82, 2.24) is 20.1 Å². The molecule has 1 aliphatic heterocycles. The van der Waals surface area contributed by atoms with Gasteiger partial charge in [-0.25, -0.2) is 9.78 Å². The van der Waals surface area contributed by atoms with E-state index in [9.17, 15) is 9.59 Å². The van der Waals surface area contributed by atoms with E-state index in [4.69, 9.17) is 9.84 Å². The lowest BCUT2D eigenvalue weighted by molar-refractivity contribution is -0.151. The zero-order chi connectivity index (χ0) is 13.8. The van der Waals surface area contributed by atoms with Crippen molar-refractivity contribution in [3.05, 3.63) is 12.2 Å². The standard InChI is InChI=1S/C11H16N4O4/c1-15-6-13-9(14-15)4-5-12-10(16)7-2-3-8(19-7)11(17)18/h6-8H,2-5H2,1H3,(H,12,16)(H,17,18). The Kier molecular flexibility index (Phi) is 4.10. The molecular formula is C11H16N4O4. The molecule has 2 heterocycles. The van der Waals surface area contributed by atoms with Crippen LogP contribution in [-0.2, 0) is 27.8 Å². The molecule has 2 rings (SSSR count). The number of aliphatic carboxylic acids is 1. The topological polar surface area (TPSA) is 106 Å². The second kappa shape index (κ2) is 5.79. The van der Waals surface area contributed by atoms with E-state index < -0.39 is 18.2 Å². The Labute approximate surface area is 109 Å². The SMILES string of the molecule is Cn1cnc(CCNC(=O)C2CCC(C(=O)O)O2)n1. The minimum absolute atomic E-state index is 0.278. The molecule has 8 heteroatoms. The van der Waals surface area contributed by atoms with E-state index >= 15 is 0 Å². The van der Waals surface area contributed by atoms with E-state index in [2.05, 4.69) is 15.4 Å². The molecule has 1 saturated heterocycles. The summed E-state index contributed by atoms with van der Waals surface area (Å²) in [6, 6.07) is 0.